The number of carbonyl (C=O) groups is 1. The second-order valence-electron chi connectivity index (χ2n) is 7.49. The van der Waals surface area contributed by atoms with E-state index in [4.69, 9.17) is 0 Å². The number of carbonyl (C=O) groups excluding carboxylic acids is 1. The average Bonchev–Trinajstić information content (AvgIpc) is 3.06. The Hall–Kier alpha value is -2.17. The number of amides is 1. The van der Waals surface area contributed by atoms with Crippen LogP contribution >= 0.6 is 0 Å². The molecule has 0 radical (unpaired) electrons. The molecule has 1 saturated heterocycles. The summed E-state index contributed by atoms with van der Waals surface area (Å²) in [5, 5.41) is 0.613. The summed E-state index contributed by atoms with van der Waals surface area (Å²) < 4.78 is 0. The van der Waals surface area contributed by atoms with Gasteiger partial charge in [0.15, 0.2) is 0 Å². The first-order valence-electron chi connectivity index (χ1n) is 9.46. The number of H-pyrrole nitrogens is 1. The molecule has 2 atom stereocenters. The van der Waals surface area contributed by atoms with Crippen LogP contribution in [0.1, 0.15) is 44.3 Å². The van der Waals surface area contributed by atoms with Crippen molar-refractivity contribution in [1.82, 2.24) is 14.9 Å². The summed E-state index contributed by atoms with van der Waals surface area (Å²) in [6.45, 7) is 1.91. The smallest absolute Gasteiger partial charge is 0.258 e. The second kappa shape index (κ2) is 6.98. The minimum Gasteiger partial charge on any atom is -0.342 e. The van der Waals surface area contributed by atoms with Gasteiger partial charge in [-0.25, -0.2) is 4.98 Å². The number of nitrogens with zero attached hydrogens (tertiary/aromatic N) is 2. The maximum absolute atomic E-state index is 12.5. The summed E-state index contributed by atoms with van der Waals surface area (Å²) in [5.74, 6) is 2.40. The van der Waals surface area contributed by atoms with Crippen LogP contribution in [0.2, 0.25) is 0 Å². The highest BCUT2D eigenvalue weighted by molar-refractivity contribution is 5.77. The number of hydrogen-bond acceptors (Lipinski definition) is 3. The van der Waals surface area contributed by atoms with Gasteiger partial charge >= 0.3 is 0 Å². The summed E-state index contributed by atoms with van der Waals surface area (Å²) in [6.07, 6.45) is 7.12. The van der Waals surface area contributed by atoms with Crippen LogP contribution in [0.3, 0.4) is 0 Å². The number of likely N-dealkylation sites (tertiary alicyclic amines) is 1. The zero-order chi connectivity index (χ0) is 17.2. The van der Waals surface area contributed by atoms with Crippen molar-refractivity contribution in [3.63, 3.8) is 0 Å². The first-order valence-corrected chi connectivity index (χ1v) is 9.46. The predicted octanol–water partition coefficient (Wildman–Crippen LogP) is 2.89. The van der Waals surface area contributed by atoms with Crippen LogP contribution in [0, 0.1) is 11.8 Å². The largest absolute Gasteiger partial charge is 0.342 e. The van der Waals surface area contributed by atoms with Crippen LogP contribution in [0.4, 0.5) is 0 Å². The minimum absolute atomic E-state index is 0.101. The van der Waals surface area contributed by atoms with Crippen molar-refractivity contribution in [2.45, 2.75) is 44.9 Å². The average molecular weight is 339 g/mol. The topological polar surface area (TPSA) is 66.1 Å². The summed E-state index contributed by atoms with van der Waals surface area (Å²) >= 11 is 0. The van der Waals surface area contributed by atoms with Gasteiger partial charge in [-0.3, -0.25) is 9.59 Å². The molecule has 4 rings (SSSR count). The van der Waals surface area contributed by atoms with E-state index >= 15 is 0 Å². The molecule has 0 unspecified atom stereocenters. The van der Waals surface area contributed by atoms with Crippen LogP contribution in [0.25, 0.3) is 10.9 Å². The highest BCUT2D eigenvalue weighted by atomic mass is 16.2. The predicted molar refractivity (Wildman–Crippen MR) is 97.3 cm³/mol. The fourth-order valence-corrected chi connectivity index (χ4v) is 4.43. The number of para-hydroxylation sites is 1. The van der Waals surface area contributed by atoms with Gasteiger partial charge in [0.1, 0.15) is 5.82 Å². The minimum atomic E-state index is -0.101. The molecule has 0 spiro atoms. The number of hydrogen-bond donors (Lipinski definition) is 1. The molecule has 0 bridgehead atoms. The molecule has 1 aromatic carbocycles. The maximum atomic E-state index is 12.5. The number of aryl methyl sites for hydroxylation is 1. The third kappa shape index (κ3) is 3.46. The van der Waals surface area contributed by atoms with Gasteiger partial charge in [-0.05, 0) is 43.2 Å². The Morgan fingerprint density at radius 2 is 1.88 bits per heavy atom. The first kappa shape index (κ1) is 16.3. The van der Waals surface area contributed by atoms with E-state index in [1.807, 2.05) is 18.2 Å². The molecule has 2 aliphatic rings. The van der Waals surface area contributed by atoms with Gasteiger partial charge in [0.2, 0.25) is 5.91 Å². The zero-order valence-corrected chi connectivity index (χ0v) is 14.5. The van der Waals surface area contributed by atoms with Crippen molar-refractivity contribution in [2.75, 3.05) is 13.1 Å². The molecule has 2 aromatic rings. The Labute approximate surface area is 147 Å². The molecule has 2 heterocycles. The van der Waals surface area contributed by atoms with Crippen molar-refractivity contribution in [3.05, 3.63) is 40.4 Å². The maximum Gasteiger partial charge on any atom is 0.258 e. The van der Waals surface area contributed by atoms with E-state index in [1.54, 1.807) is 6.07 Å². The molecular weight excluding hydrogens is 314 g/mol. The third-order valence-corrected chi connectivity index (χ3v) is 5.80. The molecular formula is C20H25N3O2. The van der Waals surface area contributed by atoms with E-state index < -0.39 is 0 Å². The third-order valence-electron chi connectivity index (χ3n) is 5.80. The number of benzene rings is 1. The molecule has 132 valence electrons. The van der Waals surface area contributed by atoms with Gasteiger partial charge in [-0.1, -0.05) is 25.0 Å². The van der Waals surface area contributed by atoms with Crippen LogP contribution in [0.5, 0.6) is 0 Å². The second-order valence-corrected chi connectivity index (χ2v) is 7.49. The van der Waals surface area contributed by atoms with Gasteiger partial charge in [0.05, 0.1) is 10.9 Å². The normalized spacial score (nSPS) is 23.0. The number of aromatic nitrogens is 2. The quantitative estimate of drug-likeness (QED) is 0.931. The zero-order valence-electron chi connectivity index (χ0n) is 14.5. The Bertz CT molecular complexity index is 815. The van der Waals surface area contributed by atoms with Crippen LogP contribution < -0.4 is 5.56 Å². The Balaban J connectivity index is 1.33. The van der Waals surface area contributed by atoms with Crippen molar-refractivity contribution in [3.8, 4) is 0 Å². The van der Waals surface area contributed by atoms with E-state index in [1.165, 1.54) is 25.7 Å². The molecule has 1 N–H and O–H groups in total. The molecule has 5 nitrogen and oxygen atoms in total. The van der Waals surface area contributed by atoms with E-state index in [2.05, 4.69) is 14.9 Å². The van der Waals surface area contributed by atoms with Crippen LogP contribution in [-0.4, -0.2) is 33.9 Å². The summed E-state index contributed by atoms with van der Waals surface area (Å²) in [4.78, 5) is 34.0. The van der Waals surface area contributed by atoms with Gasteiger partial charge in [0.25, 0.3) is 5.56 Å². The number of aromatic amines is 1. The van der Waals surface area contributed by atoms with Crippen molar-refractivity contribution in [1.29, 1.82) is 0 Å². The Kier molecular flexibility index (Phi) is 4.55. The lowest BCUT2D eigenvalue weighted by Gasteiger charge is -2.22. The molecule has 1 amide bonds. The number of nitrogens with one attached hydrogen (secondary N) is 1. The van der Waals surface area contributed by atoms with Gasteiger partial charge in [-0.2, -0.15) is 0 Å². The van der Waals surface area contributed by atoms with Crippen LogP contribution in [0.15, 0.2) is 29.1 Å². The Morgan fingerprint density at radius 1 is 1.16 bits per heavy atom. The monoisotopic (exact) mass is 339 g/mol. The van der Waals surface area contributed by atoms with Crippen LogP contribution in [-0.2, 0) is 11.2 Å². The van der Waals surface area contributed by atoms with Gasteiger partial charge in [-0.15, -0.1) is 0 Å². The molecule has 1 aliphatic heterocycles. The van der Waals surface area contributed by atoms with Crippen molar-refractivity contribution < 1.29 is 4.79 Å². The lowest BCUT2D eigenvalue weighted by molar-refractivity contribution is -0.130. The van der Waals surface area contributed by atoms with Gasteiger partial charge in [0, 0.05) is 25.9 Å². The number of fused-ring (bicyclic) bond motifs is 2. The highest BCUT2D eigenvalue weighted by Gasteiger charge is 2.35. The molecule has 2 fully saturated rings. The molecule has 1 aromatic heterocycles. The standard InChI is InChI=1S/C20H25N3O2/c24-19(23-12-14-6-1-2-7-15(14)13-23)11-5-10-18-21-17-9-4-3-8-16(17)20(25)22-18/h3-4,8-9,14-15H,1-2,5-7,10-13H2,(H,21,22,25)/t14-,15+. The number of rotatable bonds is 4. The fourth-order valence-electron chi connectivity index (χ4n) is 4.43. The fraction of sp³-hybridized carbons (Fsp3) is 0.550. The van der Waals surface area contributed by atoms with Crippen molar-refractivity contribution in [2.24, 2.45) is 11.8 Å². The molecule has 25 heavy (non-hydrogen) atoms. The summed E-state index contributed by atoms with van der Waals surface area (Å²) in [7, 11) is 0. The molecule has 1 aliphatic carbocycles. The van der Waals surface area contributed by atoms with E-state index in [0.29, 0.717) is 24.1 Å². The molecule has 1 saturated carbocycles. The lowest BCUT2D eigenvalue weighted by atomic mass is 9.82. The van der Waals surface area contributed by atoms with E-state index in [-0.39, 0.29) is 11.5 Å². The summed E-state index contributed by atoms with van der Waals surface area (Å²) in [5.41, 5.74) is 0.617. The van der Waals surface area contributed by atoms with E-state index in [0.717, 1.165) is 36.9 Å². The molecule has 5 heteroatoms. The highest BCUT2D eigenvalue weighted by Crippen LogP contribution is 2.36. The van der Waals surface area contributed by atoms with Crippen molar-refractivity contribution >= 4 is 16.8 Å². The summed E-state index contributed by atoms with van der Waals surface area (Å²) in [6, 6.07) is 7.35. The lowest BCUT2D eigenvalue weighted by Crippen LogP contribution is -2.28. The van der Waals surface area contributed by atoms with Gasteiger partial charge < -0.3 is 9.88 Å². The first-order chi connectivity index (χ1) is 12.2. The Morgan fingerprint density at radius 3 is 2.64 bits per heavy atom. The SMILES string of the molecule is O=C(CCCc1nc2ccccc2c(=O)[nH]1)N1C[C@H]2CCCC[C@H]2C1. The van der Waals surface area contributed by atoms with E-state index in [9.17, 15) is 9.59 Å².